The van der Waals surface area contributed by atoms with Crippen LogP contribution in [0.15, 0.2) is 39.5 Å². The molecule has 0 aliphatic heterocycles. The van der Waals surface area contributed by atoms with Crippen molar-refractivity contribution in [2.24, 2.45) is 0 Å². The lowest BCUT2D eigenvalue weighted by Gasteiger charge is -2.05. The number of phenols is 1. The Kier molecular flexibility index (Phi) is 3.43. The van der Waals surface area contributed by atoms with Crippen LogP contribution in [0.5, 0.6) is 5.75 Å². The van der Waals surface area contributed by atoms with Gasteiger partial charge in [0.15, 0.2) is 5.76 Å². The van der Waals surface area contributed by atoms with E-state index in [-0.39, 0.29) is 23.8 Å². The van der Waals surface area contributed by atoms with Crippen LogP contribution < -0.4 is 5.32 Å². The Labute approximate surface area is 106 Å². The maximum Gasteiger partial charge on any atom is 0.255 e. The fourth-order valence-corrected chi connectivity index (χ4v) is 1.64. The van der Waals surface area contributed by atoms with Gasteiger partial charge >= 0.3 is 0 Å². The van der Waals surface area contributed by atoms with E-state index in [0.29, 0.717) is 10.2 Å². The summed E-state index contributed by atoms with van der Waals surface area (Å²) in [6.45, 7) is 0.230. The topological polar surface area (TPSA) is 75.4 Å². The molecular formula is C11H9BrN2O3. The summed E-state index contributed by atoms with van der Waals surface area (Å²) in [6.07, 6.45) is 1.50. The van der Waals surface area contributed by atoms with Gasteiger partial charge in [-0.3, -0.25) is 4.79 Å². The number of amides is 1. The zero-order valence-electron chi connectivity index (χ0n) is 8.68. The van der Waals surface area contributed by atoms with E-state index in [1.807, 2.05) is 0 Å². The van der Waals surface area contributed by atoms with E-state index < -0.39 is 0 Å². The van der Waals surface area contributed by atoms with Gasteiger partial charge in [-0.15, -0.1) is 0 Å². The fraction of sp³-hybridized carbons (Fsp3) is 0.0909. The summed E-state index contributed by atoms with van der Waals surface area (Å²) < 4.78 is 5.54. The molecule has 1 amide bonds. The first kappa shape index (κ1) is 11.7. The SMILES string of the molecule is O=C(NCc1ccno1)c1ccc(Br)cc1O. The van der Waals surface area contributed by atoms with Crippen molar-refractivity contribution in [3.8, 4) is 5.75 Å². The van der Waals surface area contributed by atoms with Gasteiger partial charge in [0.05, 0.1) is 18.3 Å². The highest BCUT2D eigenvalue weighted by molar-refractivity contribution is 9.10. The zero-order chi connectivity index (χ0) is 12.3. The number of phenolic OH excluding ortho intramolecular Hbond substituents is 1. The number of nitrogens with zero attached hydrogens (tertiary/aromatic N) is 1. The van der Waals surface area contributed by atoms with Crippen molar-refractivity contribution in [3.05, 3.63) is 46.3 Å². The molecule has 1 aromatic heterocycles. The first-order valence-electron chi connectivity index (χ1n) is 4.83. The molecule has 2 rings (SSSR count). The highest BCUT2D eigenvalue weighted by Gasteiger charge is 2.11. The third-order valence-electron chi connectivity index (χ3n) is 2.12. The molecule has 0 radical (unpaired) electrons. The smallest absolute Gasteiger partial charge is 0.255 e. The lowest BCUT2D eigenvalue weighted by atomic mass is 10.2. The van der Waals surface area contributed by atoms with Crippen molar-refractivity contribution in [3.63, 3.8) is 0 Å². The molecule has 17 heavy (non-hydrogen) atoms. The third kappa shape index (κ3) is 2.85. The summed E-state index contributed by atoms with van der Waals surface area (Å²) in [6, 6.07) is 6.34. The van der Waals surface area contributed by atoms with Crippen LogP contribution in [-0.4, -0.2) is 16.2 Å². The highest BCUT2D eigenvalue weighted by Crippen LogP contribution is 2.22. The van der Waals surface area contributed by atoms with E-state index in [9.17, 15) is 9.90 Å². The van der Waals surface area contributed by atoms with Gasteiger partial charge in [0.2, 0.25) is 0 Å². The van der Waals surface area contributed by atoms with Crippen LogP contribution in [0, 0.1) is 0 Å². The number of rotatable bonds is 3. The largest absolute Gasteiger partial charge is 0.507 e. The number of carbonyl (C=O) groups excluding carboxylic acids is 1. The molecule has 2 N–H and O–H groups in total. The van der Waals surface area contributed by atoms with Crippen LogP contribution in [0.3, 0.4) is 0 Å². The maximum absolute atomic E-state index is 11.7. The zero-order valence-corrected chi connectivity index (χ0v) is 10.3. The summed E-state index contributed by atoms with van der Waals surface area (Å²) in [4.78, 5) is 11.7. The second-order valence-corrected chi connectivity index (χ2v) is 4.24. The van der Waals surface area contributed by atoms with Gasteiger partial charge in [0, 0.05) is 10.5 Å². The normalized spacial score (nSPS) is 10.2. The minimum atomic E-state index is -0.369. The van der Waals surface area contributed by atoms with Crippen LogP contribution in [0.2, 0.25) is 0 Å². The van der Waals surface area contributed by atoms with E-state index >= 15 is 0 Å². The summed E-state index contributed by atoms with van der Waals surface area (Å²) in [5.74, 6) is 0.107. The van der Waals surface area contributed by atoms with Gasteiger partial charge in [-0.05, 0) is 18.2 Å². The molecule has 0 fully saturated rings. The predicted molar refractivity (Wildman–Crippen MR) is 63.5 cm³/mol. The molecule has 0 atom stereocenters. The number of hydrogen-bond donors (Lipinski definition) is 2. The quantitative estimate of drug-likeness (QED) is 0.909. The van der Waals surface area contributed by atoms with Crippen molar-refractivity contribution in [2.75, 3.05) is 0 Å². The summed E-state index contributed by atoms with van der Waals surface area (Å²) >= 11 is 3.20. The van der Waals surface area contributed by atoms with Crippen molar-refractivity contribution in [1.29, 1.82) is 0 Å². The van der Waals surface area contributed by atoms with E-state index in [0.717, 1.165) is 0 Å². The van der Waals surface area contributed by atoms with Crippen LogP contribution in [-0.2, 0) is 6.54 Å². The van der Waals surface area contributed by atoms with Crippen molar-refractivity contribution < 1.29 is 14.4 Å². The Hall–Kier alpha value is -1.82. The number of nitrogens with one attached hydrogen (secondary N) is 1. The second kappa shape index (κ2) is 5.01. The lowest BCUT2D eigenvalue weighted by Crippen LogP contribution is -2.22. The van der Waals surface area contributed by atoms with Gasteiger partial charge in [0.25, 0.3) is 5.91 Å². The number of aromatic hydroxyl groups is 1. The lowest BCUT2D eigenvalue weighted by molar-refractivity contribution is 0.0944. The molecule has 0 saturated carbocycles. The molecule has 6 heteroatoms. The summed E-state index contributed by atoms with van der Waals surface area (Å²) in [7, 11) is 0. The monoisotopic (exact) mass is 296 g/mol. The van der Waals surface area contributed by atoms with Crippen molar-refractivity contribution in [1.82, 2.24) is 10.5 Å². The number of halogens is 1. The molecule has 88 valence electrons. The molecule has 5 nitrogen and oxygen atoms in total. The predicted octanol–water partition coefficient (Wildman–Crippen LogP) is 2.07. The van der Waals surface area contributed by atoms with Crippen LogP contribution in [0.4, 0.5) is 0 Å². The average Bonchev–Trinajstić information content (AvgIpc) is 2.78. The highest BCUT2D eigenvalue weighted by atomic mass is 79.9. The standard InChI is InChI=1S/C11H9BrN2O3/c12-7-1-2-9(10(15)5-7)11(16)13-6-8-3-4-14-17-8/h1-5,15H,6H2,(H,13,16). The molecule has 0 unspecified atom stereocenters. The van der Waals surface area contributed by atoms with Crippen molar-refractivity contribution in [2.45, 2.75) is 6.54 Å². The molecule has 0 bridgehead atoms. The Morgan fingerprint density at radius 2 is 2.29 bits per heavy atom. The maximum atomic E-state index is 11.7. The van der Waals surface area contributed by atoms with Gasteiger partial charge in [-0.25, -0.2) is 0 Å². The Bertz CT molecular complexity index is 526. The van der Waals surface area contributed by atoms with Crippen LogP contribution in [0.1, 0.15) is 16.1 Å². The van der Waals surface area contributed by atoms with Crippen LogP contribution >= 0.6 is 15.9 Å². The molecule has 1 heterocycles. The third-order valence-corrected chi connectivity index (χ3v) is 2.61. The number of aromatic nitrogens is 1. The Morgan fingerprint density at radius 3 is 2.94 bits per heavy atom. The molecule has 2 aromatic rings. The number of benzene rings is 1. The number of carbonyl (C=O) groups is 1. The molecule has 0 aliphatic rings. The molecule has 0 saturated heterocycles. The fourth-order valence-electron chi connectivity index (χ4n) is 1.29. The first-order valence-corrected chi connectivity index (χ1v) is 5.62. The van der Waals surface area contributed by atoms with Crippen molar-refractivity contribution >= 4 is 21.8 Å². The molecular weight excluding hydrogens is 288 g/mol. The minimum absolute atomic E-state index is 0.0746. The Morgan fingerprint density at radius 1 is 1.47 bits per heavy atom. The van der Waals surface area contributed by atoms with Gasteiger partial charge in [-0.1, -0.05) is 21.1 Å². The van der Waals surface area contributed by atoms with Gasteiger partial charge < -0.3 is 14.9 Å². The summed E-state index contributed by atoms with van der Waals surface area (Å²) in [5.41, 5.74) is 0.215. The van der Waals surface area contributed by atoms with E-state index in [1.165, 1.54) is 18.3 Å². The van der Waals surface area contributed by atoms with Gasteiger partial charge in [0.1, 0.15) is 5.75 Å². The van der Waals surface area contributed by atoms with E-state index in [2.05, 4.69) is 26.4 Å². The average molecular weight is 297 g/mol. The molecule has 0 spiro atoms. The first-order chi connectivity index (χ1) is 8.16. The molecule has 1 aromatic carbocycles. The second-order valence-electron chi connectivity index (χ2n) is 3.32. The van der Waals surface area contributed by atoms with Gasteiger partial charge in [-0.2, -0.15) is 0 Å². The van der Waals surface area contributed by atoms with E-state index in [1.54, 1.807) is 12.1 Å². The minimum Gasteiger partial charge on any atom is -0.507 e. The number of hydrogen-bond acceptors (Lipinski definition) is 4. The van der Waals surface area contributed by atoms with Crippen LogP contribution in [0.25, 0.3) is 0 Å². The Balaban J connectivity index is 2.04. The molecule has 0 aliphatic carbocycles. The summed E-state index contributed by atoms with van der Waals surface area (Å²) in [5, 5.41) is 15.7. The van der Waals surface area contributed by atoms with E-state index in [4.69, 9.17) is 4.52 Å².